The lowest BCUT2D eigenvalue weighted by atomic mass is 10.2. The van der Waals surface area contributed by atoms with Gasteiger partial charge in [0.15, 0.2) is 0 Å². The van der Waals surface area contributed by atoms with Crippen molar-refractivity contribution >= 4 is 23.1 Å². The van der Waals surface area contributed by atoms with Crippen molar-refractivity contribution in [2.45, 2.75) is 13.5 Å². The van der Waals surface area contributed by atoms with Gasteiger partial charge in [0.2, 0.25) is 5.91 Å². The molecule has 1 amide bonds. The molecule has 80 valence electrons. The molecule has 0 spiro atoms. The van der Waals surface area contributed by atoms with E-state index in [0.717, 1.165) is 16.9 Å². The summed E-state index contributed by atoms with van der Waals surface area (Å²) >= 11 is 0. The Kier molecular flexibility index (Phi) is 1.83. The van der Waals surface area contributed by atoms with E-state index in [0.29, 0.717) is 6.54 Å². The van der Waals surface area contributed by atoms with E-state index in [2.05, 4.69) is 16.4 Å². The fourth-order valence-electron chi connectivity index (χ4n) is 1.91. The van der Waals surface area contributed by atoms with Crippen LogP contribution in [0.4, 0.5) is 0 Å². The molecule has 0 radical (unpaired) electrons. The number of benzene rings is 1. The van der Waals surface area contributed by atoms with Crippen molar-refractivity contribution in [2.75, 3.05) is 0 Å². The van der Waals surface area contributed by atoms with Gasteiger partial charge in [0.1, 0.15) is 5.82 Å². The Balaban J connectivity index is 2.30. The van der Waals surface area contributed by atoms with Gasteiger partial charge in [-0.1, -0.05) is 6.07 Å². The van der Waals surface area contributed by atoms with Gasteiger partial charge in [-0.2, -0.15) is 0 Å². The van der Waals surface area contributed by atoms with Crippen molar-refractivity contribution in [3.05, 3.63) is 35.7 Å². The number of nitrogens with one attached hydrogen (secondary N) is 1. The highest BCUT2D eigenvalue weighted by atomic mass is 16.1. The summed E-state index contributed by atoms with van der Waals surface area (Å²) in [5, 5.41) is 2.77. The molecule has 4 nitrogen and oxygen atoms in total. The van der Waals surface area contributed by atoms with E-state index < -0.39 is 0 Å². The van der Waals surface area contributed by atoms with Gasteiger partial charge in [0, 0.05) is 12.3 Å². The van der Waals surface area contributed by atoms with Crippen LogP contribution in [-0.2, 0) is 11.3 Å². The molecule has 1 aliphatic heterocycles. The predicted octanol–water partition coefficient (Wildman–Crippen LogP) is 1.45. The first-order chi connectivity index (χ1) is 7.74. The van der Waals surface area contributed by atoms with E-state index in [1.54, 1.807) is 6.20 Å². The molecule has 0 bridgehead atoms. The standard InChI is InChI=1S/C12H11N3O/c1-8-2-3-9-10(6-8)15-5-4-12(16)13-7-11(15)14-9/h2-6H,7H2,1H3,(H,13,16). The Morgan fingerprint density at radius 3 is 3.19 bits per heavy atom. The van der Waals surface area contributed by atoms with Crippen LogP contribution in [0.3, 0.4) is 0 Å². The number of carbonyl (C=O) groups is 1. The summed E-state index contributed by atoms with van der Waals surface area (Å²) in [5.74, 6) is 0.786. The fraction of sp³-hybridized carbons (Fsp3) is 0.167. The lowest BCUT2D eigenvalue weighted by Gasteiger charge is -1.99. The maximum absolute atomic E-state index is 11.2. The van der Waals surface area contributed by atoms with E-state index >= 15 is 0 Å². The quantitative estimate of drug-likeness (QED) is 0.720. The molecule has 2 aromatic rings. The minimum Gasteiger partial charge on any atom is -0.345 e. The van der Waals surface area contributed by atoms with Crippen LogP contribution in [0.25, 0.3) is 17.2 Å². The van der Waals surface area contributed by atoms with Crippen molar-refractivity contribution in [1.29, 1.82) is 0 Å². The van der Waals surface area contributed by atoms with E-state index in [1.165, 1.54) is 11.6 Å². The Morgan fingerprint density at radius 1 is 1.44 bits per heavy atom. The Morgan fingerprint density at radius 2 is 2.31 bits per heavy atom. The minimum absolute atomic E-state index is 0.0775. The molecule has 1 aliphatic rings. The molecule has 4 heteroatoms. The molecule has 0 saturated heterocycles. The molecule has 0 atom stereocenters. The van der Waals surface area contributed by atoms with Crippen molar-refractivity contribution in [3.63, 3.8) is 0 Å². The minimum atomic E-state index is -0.0775. The third kappa shape index (κ3) is 1.31. The maximum atomic E-state index is 11.2. The number of aryl methyl sites for hydroxylation is 1. The molecule has 3 rings (SSSR count). The molecule has 0 aliphatic carbocycles. The van der Waals surface area contributed by atoms with Gasteiger partial charge in [0.25, 0.3) is 0 Å². The zero-order valence-electron chi connectivity index (χ0n) is 8.90. The van der Waals surface area contributed by atoms with Crippen LogP contribution < -0.4 is 5.32 Å². The number of aromatic nitrogens is 2. The molecule has 0 unspecified atom stereocenters. The topological polar surface area (TPSA) is 46.9 Å². The van der Waals surface area contributed by atoms with Gasteiger partial charge in [-0.05, 0) is 24.6 Å². The smallest absolute Gasteiger partial charge is 0.245 e. The summed E-state index contributed by atoms with van der Waals surface area (Å²) in [6.45, 7) is 2.52. The average molecular weight is 213 g/mol. The van der Waals surface area contributed by atoms with Crippen molar-refractivity contribution < 1.29 is 4.79 Å². The second-order valence-corrected chi connectivity index (χ2v) is 3.92. The van der Waals surface area contributed by atoms with E-state index in [-0.39, 0.29) is 5.91 Å². The molecule has 1 aromatic carbocycles. The molecule has 1 N–H and O–H groups in total. The van der Waals surface area contributed by atoms with Gasteiger partial charge >= 0.3 is 0 Å². The maximum Gasteiger partial charge on any atom is 0.245 e. The first-order valence-corrected chi connectivity index (χ1v) is 5.17. The summed E-state index contributed by atoms with van der Waals surface area (Å²) in [4.78, 5) is 15.7. The Hall–Kier alpha value is -2.10. The van der Waals surface area contributed by atoms with E-state index in [9.17, 15) is 4.79 Å². The predicted molar refractivity (Wildman–Crippen MR) is 61.6 cm³/mol. The van der Waals surface area contributed by atoms with Crippen molar-refractivity contribution in [3.8, 4) is 0 Å². The monoisotopic (exact) mass is 213 g/mol. The molecule has 0 saturated carbocycles. The fourth-order valence-corrected chi connectivity index (χ4v) is 1.91. The number of nitrogens with zero attached hydrogens (tertiary/aromatic N) is 2. The highest BCUT2D eigenvalue weighted by molar-refractivity contribution is 5.92. The van der Waals surface area contributed by atoms with Gasteiger partial charge < -0.3 is 9.88 Å². The first-order valence-electron chi connectivity index (χ1n) is 5.17. The second-order valence-electron chi connectivity index (χ2n) is 3.92. The lowest BCUT2D eigenvalue weighted by molar-refractivity contribution is -0.116. The summed E-state index contributed by atoms with van der Waals surface area (Å²) in [7, 11) is 0. The lowest BCUT2D eigenvalue weighted by Crippen LogP contribution is -2.19. The number of hydrogen-bond donors (Lipinski definition) is 1. The van der Waals surface area contributed by atoms with Gasteiger partial charge in [-0.3, -0.25) is 4.79 Å². The highest BCUT2D eigenvalue weighted by Crippen LogP contribution is 2.19. The molecule has 2 heterocycles. The number of amides is 1. The highest BCUT2D eigenvalue weighted by Gasteiger charge is 2.12. The Labute approximate surface area is 92.6 Å². The second kappa shape index (κ2) is 3.20. The summed E-state index contributed by atoms with van der Waals surface area (Å²) < 4.78 is 1.96. The van der Waals surface area contributed by atoms with Crippen molar-refractivity contribution in [2.24, 2.45) is 0 Å². The normalized spacial score (nSPS) is 14.7. The molecular weight excluding hydrogens is 202 g/mol. The van der Waals surface area contributed by atoms with Crippen LogP contribution in [0, 0.1) is 6.92 Å². The van der Waals surface area contributed by atoms with Crippen LogP contribution >= 0.6 is 0 Å². The Bertz CT molecular complexity index is 610. The third-order valence-corrected chi connectivity index (χ3v) is 2.71. The van der Waals surface area contributed by atoms with Crippen LogP contribution in [0.1, 0.15) is 11.4 Å². The van der Waals surface area contributed by atoms with E-state index in [4.69, 9.17) is 0 Å². The first kappa shape index (κ1) is 9.15. The van der Waals surface area contributed by atoms with Gasteiger partial charge in [0.05, 0.1) is 17.6 Å². The van der Waals surface area contributed by atoms with Gasteiger partial charge in [-0.25, -0.2) is 4.98 Å². The zero-order valence-corrected chi connectivity index (χ0v) is 8.90. The number of rotatable bonds is 0. The molecular formula is C12H11N3O. The number of imidazole rings is 1. The summed E-state index contributed by atoms with van der Waals surface area (Å²) in [5.41, 5.74) is 3.19. The largest absolute Gasteiger partial charge is 0.345 e. The average Bonchev–Trinajstić information content (AvgIpc) is 2.50. The van der Waals surface area contributed by atoms with Crippen molar-refractivity contribution in [1.82, 2.24) is 14.9 Å². The number of fused-ring (bicyclic) bond motifs is 3. The van der Waals surface area contributed by atoms with Crippen LogP contribution in [0.5, 0.6) is 0 Å². The van der Waals surface area contributed by atoms with Crippen LogP contribution in [0.15, 0.2) is 24.3 Å². The van der Waals surface area contributed by atoms with E-state index in [1.807, 2.05) is 23.6 Å². The van der Waals surface area contributed by atoms with Gasteiger partial charge in [-0.15, -0.1) is 0 Å². The number of hydrogen-bond acceptors (Lipinski definition) is 2. The third-order valence-electron chi connectivity index (χ3n) is 2.71. The summed E-state index contributed by atoms with van der Waals surface area (Å²) in [6.07, 6.45) is 3.30. The van der Waals surface area contributed by atoms with Crippen LogP contribution in [-0.4, -0.2) is 15.5 Å². The molecule has 0 fully saturated rings. The molecule has 1 aromatic heterocycles. The summed E-state index contributed by atoms with van der Waals surface area (Å²) in [6, 6.07) is 6.12. The number of carbonyl (C=O) groups excluding carboxylic acids is 1. The zero-order chi connectivity index (χ0) is 11.1. The van der Waals surface area contributed by atoms with Crippen LogP contribution in [0.2, 0.25) is 0 Å². The molecule has 16 heavy (non-hydrogen) atoms. The SMILES string of the molecule is Cc1ccc2nc3n(c2c1)C=CC(=O)NC3.